The van der Waals surface area contributed by atoms with Crippen molar-refractivity contribution >= 4 is 29.8 Å². The van der Waals surface area contributed by atoms with Crippen molar-refractivity contribution < 1.29 is 63.7 Å². The summed E-state index contributed by atoms with van der Waals surface area (Å²) < 4.78 is 17.0. The number of hydrogen-bond acceptors (Lipinski definition) is 10. The Bertz CT molecular complexity index is 1660. The Kier molecular flexibility index (Phi) is 7.18. The third-order valence-electron chi connectivity index (χ3n) is 7.31. The van der Waals surface area contributed by atoms with Crippen molar-refractivity contribution in [3.63, 3.8) is 0 Å². The molecule has 0 saturated heterocycles. The molecule has 0 amide bonds. The molecule has 2 aliphatic heterocycles. The molecule has 0 aliphatic carbocycles. The number of carboxylic acid groups (broad SMARTS) is 3. The first-order chi connectivity index (χ1) is 20.3. The lowest BCUT2D eigenvalue weighted by atomic mass is 9.75. The molecule has 0 saturated carbocycles. The standard InChI is InChI=1S/C30H24O13/c1-13(31)41-12-16-6-18-19(9-17(16)28(38)39)30(43-29(18)40)20-7-14(2-4-26(34)35)22(32)10-24(20)42-25-11-23(33)15(8-21(25)30)3-5-27(36)37/h6-11,32-33H,2-5,12H2,1H3,(H,34,35)(H,36,37)(H,38,39). The summed E-state index contributed by atoms with van der Waals surface area (Å²) in [6.07, 6.45) is -0.912. The third kappa shape index (κ3) is 5.05. The van der Waals surface area contributed by atoms with E-state index in [0.29, 0.717) is 0 Å². The Morgan fingerprint density at radius 3 is 1.77 bits per heavy atom. The number of carbonyl (C=O) groups excluding carboxylic acids is 2. The van der Waals surface area contributed by atoms with E-state index in [2.05, 4.69) is 0 Å². The lowest BCUT2D eigenvalue weighted by Gasteiger charge is -2.37. The second-order valence-electron chi connectivity index (χ2n) is 10.1. The van der Waals surface area contributed by atoms with Gasteiger partial charge in [-0.3, -0.25) is 14.4 Å². The number of aromatic carboxylic acids is 1. The van der Waals surface area contributed by atoms with E-state index in [-0.39, 0.29) is 93.2 Å². The lowest BCUT2D eigenvalue weighted by molar-refractivity contribution is -0.142. The predicted octanol–water partition coefficient (Wildman–Crippen LogP) is 3.46. The predicted molar refractivity (Wildman–Crippen MR) is 142 cm³/mol. The number of phenolic OH excluding ortho intramolecular Hbond substituents is 2. The Morgan fingerprint density at radius 2 is 1.30 bits per heavy atom. The number of carbonyl (C=O) groups is 5. The van der Waals surface area contributed by atoms with Gasteiger partial charge in [0.1, 0.15) is 29.6 Å². The van der Waals surface area contributed by atoms with Gasteiger partial charge in [0.15, 0.2) is 5.60 Å². The summed E-state index contributed by atoms with van der Waals surface area (Å²) in [6.45, 7) is 0.697. The lowest BCUT2D eigenvalue weighted by Crippen LogP contribution is -2.33. The molecule has 2 heterocycles. The van der Waals surface area contributed by atoms with E-state index in [9.17, 15) is 49.5 Å². The van der Waals surface area contributed by atoms with Crippen molar-refractivity contribution in [1.82, 2.24) is 0 Å². The molecule has 1 spiro atoms. The van der Waals surface area contributed by atoms with E-state index in [1.807, 2.05) is 0 Å². The molecule has 0 unspecified atom stereocenters. The van der Waals surface area contributed by atoms with Gasteiger partial charge in [-0.2, -0.15) is 0 Å². The molecule has 43 heavy (non-hydrogen) atoms. The number of benzene rings is 3. The quantitative estimate of drug-likeness (QED) is 0.225. The van der Waals surface area contributed by atoms with Crippen LogP contribution >= 0.6 is 0 Å². The van der Waals surface area contributed by atoms with Gasteiger partial charge in [0.2, 0.25) is 0 Å². The minimum absolute atomic E-state index is 0.0173. The van der Waals surface area contributed by atoms with Gasteiger partial charge < -0.3 is 39.7 Å². The largest absolute Gasteiger partial charge is 0.508 e. The number of aryl methyl sites for hydroxylation is 2. The number of carboxylic acids is 3. The van der Waals surface area contributed by atoms with E-state index >= 15 is 0 Å². The number of aliphatic carboxylic acids is 2. The number of phenols is 2. The highest BCUT2D eigenvalue weighted by molar-refractivity contribution is 6.00. The topological polar surface area (TPSA) is 214 Å². The SMILES string of the molecule is CC(=O)OCc1cc2c(cc1C(=O)O)C1(OC2=O)c2cc(CCC(=O)O)c(O)cc2Oc2cc(O)c(CCC(=O)O)cc21. The normalized spacial score (nSPS) is 13.7. The molecule has 0 aromatic heterocycles. The maximum atomic E-state index is 13.5. The number of aromatic hydroxyl groups is 2. The Hall–Kier alpha value is -5.59. The summed E-state index contributed by atoms with van der Waals surface area (Å²) in [5.41, 5.74) is -1.61. The average Bonchev–Trinajstić information content (AvgIpc) is 3.21. The molecule has 13 nitrogen and oxygen atoms in total. The Labute approximate surface area is 242 Å². The van der Waals surface area contributed by atoms with Crippen LogP contribution in [0.1, 0.15) is 73.9 Å². The summed E-state index contributed by atoms with van der Waals surface area (Å²) >= 11 is 0. The second kappa shape index (κ2) is 10.7. The Balaban J connectivity index is 1.81. The van der Waals surface area contributed by atoms with Crippen molar-refractivity contribution in [3.05, 3.63) is 80.9 Å². The molecule has 13 heteroatoms. The van der Waals surface area contributed by atoms with Crippen LogP contribution in [-0.2, 0) is 48.9 Å². The van der Waals surface area contributed by atoms with Crippen LogP contribution in [0.3, 0.4) is 0 Å². The van der Waals surface area contributed by atoms with Crippen LogP contribution in [0.2, 0.25) is 0 Å². The smallest absolute Gasteiger partial charge is 0.340 e. The van der Waals surface area contributed by atoms with E-state index in [4.69, 9.17) is 14.2 Å². The van der Waals surface area contributed by atoms with E-state index in [0.717, 1.165) is 6.92 Å². The van der Waals surface area contributed by atoms with Crippen molar-refractivity contribution in [1.29, 1.82) is 0 Å². The van der Waals surface area contributed by atoms with Gasteiger partial charge in [0.05, 0.1) is 11.1 Å². The van der Waals surface area contributed by atoms with Gasteiger partial charge in [-0.15, -0.1) is 0 Å². The first-order valence-electron chi connectivity index (χ1n) is 12.9. The highest BCUT2D eigenvalue weighted by atomic mass is 16.6. The first kappa shape index (κ1) is 28.9. The molecule has 0 radical (unpaired) electrons. The molecule has 3 aromatic carbocycles. The monoisotopic (exact) mass is 592 g/mol. The van der Waals surface area contributed by atoms with Crippen LogP contribution in [-0.4, -0.2) is 55.4 Å². The van der Waals surface area contributed by atoms with Crippen LogP contribution in [0.4, 0.5) is 0 Å². The zero-order valence-corrected chi connectivity index (χ0v) is 22.5. The van der Waals surface area contributed by atoms with Crippen LogP contribution in [0.25, 0.3) is 0 Å². The van der Waals surface area contributed by atoms with Gasteiger partial charge in [0.25, 0.3) is 0 Å². The number of ether oxygens (including phenoxy) is 3. The highest BCUT2D eigenvalue weighted by Crippen LogP contribution is 2.58. The summed E-state index contributed by atoms with van der Waals surface area (Å²) in [7, 11) is 0. The molecule has 0 atom stereocenters. The van der Waals surface area contributed by atoms with Gasteiger partial charge >= 0.3 is 29.8 Å². The molecule has 5 N–H and O–H groups in total. The second-order valence-corrected chi connectivity index (χ2v) is 10.1. The van der Waals surface area contributed by atoms with Crippen LogP contribution < -0.4 is 4.74 Å². The van der Waals surface area contributed by atoms with Crippen LogP contribution in [0, 0.1) is 0 Å². The van der Waals surface area contributed by atoms with Gasteiger partial charge in [0, 0.05) is 54.2 Å². The van der Waals surface area contributed by atoms with Gasteiger partial charge in [-0.1, -0.05) is 0 Å². The molecular formula is C30H24O13. The van der Waals surface area contributed by atoms with Gasteiger partial charge in [-0.05, 0) is 48.2 Å². The fourth-order valence-electron chi connectivity index (χ4n) is 5.35. The molecule has 2 aliphatic rings. The Morgan fingerprint density at radius 1 is 0.767 bits per heavy atom. The van der Waals surface area contributed by atoms with Crippen molar-refractivity contribution in [2.45, 2.75) is 44.8 Å². The molecular weight excluding hydrogens is 568 g/mol. The maximum Gasteiger partial charge on any atom is 0.340 e. The highest BCUT2D eigenvalue weighted by Gasteiger charge is 2.54. The third-order valence-corrected chi connectivity index (χ3v) is 7.31. The van der Waals surface area contributed by atoms with Crippen molar-refractivity contribution in [2.75, 3.05) is 0 Å². The van der Waals surface area contributed by atoms with E-state index in [1.54, 1.807) is 0 Å². The summed E-state index contributed by atoms with van der Waals surface area (Å²) in [5, 5.41) is 49.8. The molecule has 0 fully saturated rings. The van der Waals surface area contributed by atoms with E-state index < -0.39 is 42.1 Å². The zero-order valence-electron chi connectivity index (χ0n) is 22.5. The zero-order chi connectivity index (χ0) is 31.2. The molecule has 3 aromatic rings. The maximum absolute atomic E-state index is 13.5. The molecule has 222 valence electrons. The summed E-state index contributed by atoms with van der Waals surface area (Å²) in [6, 6.07) is 7.64. The van der Waals surface area contributed by atoms with Crippen LogP contribution in [0.15, 0.2) is 36.4 Å². The number of fused-ring (bicyclic) bond motifs is 6. The summed E-state index contributed by atoms with van der Waals surface area (Å²) in [5.74, 6) is -5.88. The minimum Gasteiger partial charge on any atom is -0.508 e. The number of rotatable bonds is 9. The molecule has 0 bridgehead atoms. The number of hydrogen-bond donors (Lipinski definition) is 5. The minimum atomic E-state index is -1.92. The van der Waals surface area contributed by atoms with E-state index in [1.165, 1.54) is 36.4 Å². The average molecular weight is 593 g/mol. The van der Waals surface area contributed by atoms with Crippen LogP contribution in [0.5, 0.6) is 23.0 Å². The van der Waals surface area contributed by atoms with Crippen molar-refractivity contribution in [2.24, 2.45) is 0 Å². The molecule has 5 rings (SSSR count). The fraction of sp³-hybridized carbons (Fsp3) is 0.233. The first-order valence-corrected chi connectivity index (χ1v) is 12.9. The number of esters is 2. The van der Waals surface area contributed by atoms with Gasteiger partial charge in [-0.25, -0.2) is 9.59 Å². The fourth-order valence-corrected chi connectivity index (χ4v) is 5.35. The van der Waals surface area contributed by atoms with Crippen molar-refractivity contribution in [3.8, 4) is 23.0 Å². The summed E-state index contributed by atoms with van der Waals surface area (Å²) in [4.78, 5) is 59.8.